The second kappa shape index (κ2) is 57.1. The topological polar surface area (TPSA) is 183 Å². The van der Waals surface area contributed by atoms with Gasteiger partial charge in [-0.25, -0.2) is 0 Å². The predicted octanol–water partition coefficient (Wildman–Crippen LogP) is -16.0. The van der Waals surface area contributed by atoms with Gasteiger partial charge in [-0.1, -0.05) is 26.4 Å². The van der Waals surface area contributed by atoms with E-state index in [0.29, 0.717) is 12.8 Å². The molecule has 1 N–H and O–H groups in total. The molecule has 0 radical (unpaired) electrons. The third kappa shape index (κ3) is 72.8. The van der Waals surface area contributed by atoms with E-state index in [1.165, 1.54) is 13.8 Å². The van der Waals surface area contributed by atoms with E-state index in [2.05, 4.69) is 14.9 Å². The van der Waals surface area contributed by atoms with E-state index >= 15 is 0 Å². The van der Waals surface area contributed by atoms with Gasteiger partial charge in [-0.3, -0.25) is 24.0 Å². The molecule has 0 aliphatic carbocycles. The van der Waals surface area contributed by atoms with Gasteiger partial charge in [-0.15, -0.1) is 0 Å². The van der Waals surface area contributed by atoms with Crippen LogP contribution in [0.25, 0.3) is 0 Å². The van der Waals surface area contributed by atoms with Gasteiger partial charge in [-0.2, -0.15) is 0 Å². The molecule has 0 aliphatic heterocycles. The Hall–Kier alpha value is 1.63. The minimum absolute atomic E-state index is 0. The molecule has 0 bridgehead atoms. The first kappa shape index (κ1) is 63.2. The summed E-state index contributed by atoms with van der Waals surface area (Å²) in [6.07, 6.45) is 0.727. The van der Waals surface area contributed by atoms with Crippen LogP contribution in [-0.2, 0) is 33.7 Å². The van der Waals surface area contributed by atoms with Crippen molar-refractivity contribution in [3.05, 3.63) is 0 Å². The molecule has 0 fully saturated rings. The minimum Gasteiger partial charge on any atom is -1.00 e. The fourth-order valence-corrected chi connectivity index (χ4v) is 0.561. The molecule has 0 unspecified atom stereocenters. The third-order valence-electron chi connectivity index (χ3n) is 1.67. The van der Waals surface area contributed by atoms with Crippen molar-refractivity contribution in [3.63, 3.8) is 0 Å². The zero-order chi connectivity index (χ0) is 19.3. The van der Waals surface area contributed by atoms with Crippen molar-refractivity contribution < 1.29 is 182 Å². The van der Waals surface area contributed by atoms with Crippen LogP contribution in [0.2, 0.25) is 0 Å². The Morgan fingerprint density at radius 1 is 0.897 bits per heavy atom. The van der Waals surface area contributed by atoms with Crippen molar-refractivity contribution in [3.8, 4) is 0 Å². The summed E-state index contributed by atoms with van der Waals surface area (Å²) in [4.78, 5) is 53.1. The van der Waals surface area contributed by atoms with Gasteiger partial charge in [0.2, 0.25) is 0 Å². The van der Waals surface area contributed by atoms with Gasteiger partial charge >= 0.3 is 118 Å². The second-order valence-corrected chi connectivity index (χ2v) is 3.18. The monoisotopic (exact) mass is 481 g/mol. The van der Waals surface area contributed by atoms with Crippen molar-refractivity contribution in [2.75, 3.05) is 0 Å². The molecule has 0 amide bonds. The third-order valence-corrected chi connectivity index (χ3v) is 1.67. The smallest absolute Gasteiger partial charge is 1.00 e. The fourth-order valence-electron chi connectivity index (χ4n) is 0.561. The summed E-state index contributed by atoms with van der Waals surface area (Å²) in [5, 5.41) is 27.6. The number of nitrogens with zero attached hydrogens (tertiary/aromatic N) is 1. The van der Waals surface area contributed by atoms with Gasteiger partial charge in [0.25, 0.3) is 12.9 Å². The van der Waals surface area contributed by atoms with Crippen molar-refractivity contribution >= 4 is 36.0 Å². The summed E-state index contributed by atoms with van der Waals surface area (Å²) in [7, 11) is 0. The average Bonchev–Trinajstić information content (AvgIpc) is 2.60. The molecular weight excluding hydrogens is 458 g/mol. The molecule has 16 heteroatoms. The Morgan fingerprint density at radius 3 is 1.17 bits per heavy atom. The number of oxime groups is 1. The van der Waals surface area contributed by atoms with Crippen LogP contribution in [0.5, 0.6) is 0 Å². The largest absolute Gasteiger partial charge is 1.00 e. The number of carbonyl (C=O) groups excluding carboxylic acids is 5. The second-order valence-electron chi connectivity index (χ2n) is 3.18. The van der Waals surface area contributed by atoms with Crippen molar-refractivity contribution in [2.45, 2.75) is 48.0 Å². The summed E-state index contributed by atoms with van der Waals surface area (Å²) in [6.45, 7) is 5.79. The van der Waals surface area contributed by atoms with Gasteiger partial charge in [0.05, 0.1) is 0 Å². The van der Waals surface area contributed by atoms with Crippen LogP contribution in [-0.4, -0.2) is 41.2 Å². The van der Waals surface area contributed by atoms with Crippen molar-refractivity contribution in [1.82, 2.24) is 0 Å². The van der Waals surface area contributed by atoms with E-state index in [0.717, 1.165) is 0 Å². The van der Waals surface area contributed by atoms with E-state index < -0.39 is 0 Å². The van der Waals surface area contributed by atoms with E-state index in [1.807, 2.05) is 0 Å². The molecule has 11 nitrogen and oxygen atoms in total. The van der Waals surface area contributed by atoms with Gasteiger partial charge in [0.1, 0.15) is 5.71 Å². The number of hydrogen-bond donors (Lipinski definition) is 1. The molecule has 0 aromatic rings. The first-order chi connectivity index (χ1) is 10.7. The Balaban J connectivity index is -0.0000000171. The minimum atomic E-state index is -0.345. The normalized spacial score (nSPS) is 6.62. The van der Waals surface area contributed by atoms with Crippen LogP contribution >= 0.6 is 0 Å². The van der Waals surface area contributed by atoms with Crippen LogP contribution < -0.4 is 141 Å². The van der Waals surface area contributed by atoms with Crippen LogP contribution in [0.1, 0.15) is 49.4 Å². The maximum Gasteiger partial charge on any atom is 1.00 e. The van der Waals surface area contributed by atoms with E-state index in [-0.39, 0.29) is 175 Å². The molecule has 152 valence electrons. The van der Waals surface area contributed by atoms with E-state index in [9.17, 15) is 14.4 Å². The summed E-state index contributed by atoms with van der Waals surface area (Å²) in [6, 6.07) is 0. The van der Waals surface area contributed by atoms with Crippen LogP contribution in [0.15, 0.2) is 5.16 Å². The summed E-state index contributed by atoms with van der Waals surface area (Å²) >= 11 is 0. The van der Waals surface area contributed by atoms with Gasteiger partial charge < -0.3 is 39.3 Å². The molecule has 0 spiro atoms. The molecule has 0 rings (SSSR count). The number of hydrogen-bond acceptors (Lipinski definition) is 11. The number of carbonyl (C=O) groups is 5. The maximum absolute atomic E-state index is 10.5. The Morgan fingerprint density at radius 2 is 1.14 bits per heavy atom. The summed E-state index contributed by atoms with van der Waals surface area (Å²) in [5.41, 5.74) is 0.174. The molecule has 0 aliphatic rings. The quantitative estimate of drug-likeness (QED) is 0.0727. The average molecular weight is 482 g/mol. The Kier molecular flexibility index (Phi) is 124. The first-order valence-corrected chi connectivity index (χ1v) is 5.93. The van der Waals surface area contributed by atoms with Crippen LogP contribution in [0, 0.1) is 0 Å². The summed E-state index contributed by atoms with van der Waals surface area (Å²) in [5.74, 6) is -0.755. The van der Waals surface area contributed by atoms with Crippen LogP contribution in [0.4, 0.5) is 0 Å². The van der Waals surface area contributed by atoms with Crippen LogP contribution in [0.3, 0.4) is 0 Å². The van der Waals surface area contributed by atoms with E-state index in [4.69, 9.17) is 25.3 Å². The van der Waals surface area contributed by atoms with Gasteiger partial charge in [0.15, 0.2) is 17.3 Å². The number of ketones is 3. The SMILES string of the molecule is C.CCC(=O)/C(C)=N\O.CCC(=O)C(C)=O.O=CO[O-].O=CO[O-].[Cl-].[H-].[Na+].[Na+].[Na+].[Na+]. The van der Waals surface area contributed by atoms with Gasteiger partial charge in [-0.05, 0) is 6.92 Å². The maximum atomic E-state index is 10.5. The zero-order valence-electron chi connectivity index (χ0n) is 18.5. The molecule has 29 heavy (non-hydrogen) atoms. The molecule has 0 saturated carbocycles. The van der Waals surface area contributed by atoms with Crippen molar-refractivity contribution in [1.29, 1.82) is 0 Å². The molecule has 0 aromatic carbocycles. The van der Waals surface area contributed by atoms with E-state index in [1.54, 1.807) is 13.8 Å². The number of rotatable bonds is 6. The predicted molar refractivity (Wildman–Crippen MR) is 78.3 cm³/mol. The fraction of sp³-hybridized carbons (Fsp3) is 0.538. The van der Waals surface area contributed by atoms with Gasteiger partial charge in [0, 0.05) is 19.8 Å². The molecular formula is C13H24ClNNa4O10. The first-order valence-electron chi connectivity index (χ1n) is 5.93. The molecule has 0 saturated heterocycles. The molecule has 0 aromatic heterocycles. The summed E-state index contributed by atoms with van der Waals surface area (Å²) < 4.78 is 0. The Bertz CT molecular complexity index is 400. The Labute approximate surface area is 267 Å². The molecule has 0 heterocycles. The van der Waals surface area contributed by atoms with Crippen molar-refractivity contribution in [2.24, 2.45) is 5.16 Å². The molecule has 0 atom stereocenters. The number of Topliss-reactive ketones (excluding diaryl/α,β-unsaturated/α-hetero) is 3. The zero-order valence-corrected chi connectivity index (χ0v) is 26.3. The standard InChI is InChI=1S/C5H9NO2.C5H8O2.2CH2O3.CH4.ClH.4Na.H/c1-3-5(7)4(2)6-8;1-3-5(7)4(2)6;2*2-1-4-3;;;;;;;/h8H,3H2,1-2H3;3H2,1-2H3;2*1,3H;1H4;1H;;;;;/q;;;;;;4*+1;-1/p-3/b6-4-;;;;;;;;;;. The number of halogens is 1.